The number of rotatable bonds is 6. The number of piperazine rings is 1. The lowest BCUT2D eigenvalue weighted by molar-refractivity contribution is -0.137. The number of hydrogen-bond acceptors (Lipinski definition) is 4. The average Bonchev–Trinajstić information content (AvgIpc) is 3.29. The normalized spacial score (nSPS) is 15.7. The first kappa shape index (κ1) is 23.5. The van der Waals surface area contributed by atoms with E-state index in [9.17, 15) is 13.2 Å². The van der Waals surface area contributed by atoms with E-state index in [2.05, 4.69) is 44.0 Å². The molecule has 0 atom stereocenters. The monoisotopic (exact) mass is 480 g/mol. The summed E-state index contributed by atoms with van der Waals surface area (Å²) in [6.07, 6.45) is -4.39. The van der Waals surface area contributed by atoms with Crippen LogP contribution in [0.5, 0.6) is 0 Å². The molecule has 2 heterocycles. The SMILES string of the molecule is OCCN1CCN(Cc2ccc(-c3cccc(-c4nc5ccc(C(F)(F)F)cc5[nH]4)c3)cc2)CC1. The summed E-state index contributed by atoms with van der Waals surface area (Å²) in [6.45, 7) is 5.78. The van der Waals surface area contributed by atoms with Crippen molar-refractivity contribution in [2.75, 3.05) is 39.3 Å². The number of nitrogens with zero attached hydrogens (tertiary/aromatic N) is 3. The highest BCUT2D eigenvalue weighted by atomic mass is 19.4. The Morgan fingerprint density at radius 1 is 0.829 bits per heavy atom. The first-order chi connectivity index (χ1) is 16.9. The van der Waals surface area contributed by atoms with Crippen LogP contribution in [0.1, 0.15) is 11.1 Å². The molecule has 0 saturated carbocycles. The number of imidazole rings is 1. The third-order valence-electron chi connectivity index (χ3n) is 6.52. The largest absolute Gasteiger partial charge is 0.416 e. The summed E-state index contributed by atoms with van der Waals surface area (Å²) in [7, 11) is 0. The molecule has 8 heteroatoms. The molecule has 35 heavy (non-hydrogen) atoms. The minimum Gasteiger partial charge on any atom is -0.395 e. The van der Waals surface area contributed by atoms with Gasteiger partial charge in [0.1, 0.15) is 5.82 Å². The van der Waals surface area contributed by atoms with Gasteiger partial charge < -0.3 is 10.1 Å². The minimum atomic E-state index is -4.39. The van der Waals surface area contributed by atoms with Crippen LogP contribution in [0.15, 0.2) is 66.7 Å². The molecule has 5 rings (SSSR count). The predicted octanol–water partition coefficient (Wildman–Crippen LogP) is 5.03. The van der Waals surface area contributed by atoms with Crippen molar-refractivity contribution >= 4 is 11.0 Å². The number of hydrogen-bond donors (Lipinski definition) is 2. The van der Waals surface area contributed by atoms with Gasteiger partial charge >= 0.3 is 6.18 Å². The lowest BCUT2D eigenvalue weighted by atomic mass is 10.0. The first-order valence-electron chi connectivity index (χ1n) is 11.7. The average molecular weight is 481 g/mol. The number of halogens is 3. The third-order valence-corrected chi connectivity index (χ3v) is 6.52. The Labute approximate surface area is 201 Å². The molecule has 0 amide bonds. The number of aliphatic hydroxyl groups is 1. The highest BCUT2D eigenvalue weighted by Gasteiger charge is 2.30. The molecular formula is C27H27F3N4O. The Kier molecular flexibility index (Phi) is 6.60. The van der Waals surface area contributed by atoms with Crippen molar-refractivity contribution in [2.24, 2.45) is 0 Å². The zero-order valence-corrected chi connectivity index (χ0v) is 19.2. The van der Waals surface area contributed by atoms with E-state index in [0.29, 0.717) is 16.9 Å². The summed E-state index contributed by atoms with van der Waals surface area (Å²) >= 11 is 0. The Balaban J connectivity index is 1.30. The molecule has 0 bridgehead atoms. The minimum absolute atomic E-state index is 0.206. The number of aliphatic hydroxyl groups excluding tert-OH is 1. The smallest absolute Gasteiger partial charge is 0.395 e. The van der Waals surface area contributed by atoms with Gasteiger partial charge in [-0.15, -0.1) is 0 Å². The van der Waals surface area contributed by atoms with E-state index < -0.39 is 11.7 Å². The van der Waals surface area contributed by atoms with E-state index in [0.717, 1.165) is 68.1 Å². The zero-order chi connectivity index (χ0) is 24.4. The fourth-order valence-electron chi connectivity index (χ4n) is 4.54. The van der Waals surface area contributed by atoms with E-state index in [1.54, 1.807) is 0 Å². The van der Waals surface area contributed by atoms with Crippen LogP contribution in [0.25, 0.3) is 33.5 Å². The van der Waals surface area contributed by atoms with Crippen LogP contribution in [-0.2, 0) is 12.7 Å². The van der Waals surface area contributed by atoms with Gasteiger partial charge in [-0.3, -0.25) is 9.80 Å². The van der Waals surface area contributed by atoms with Gasteiger partial charge in [-0.25, -0.2) is 4.98 Å². The standard InChI is InChI=1S/C27H27F3N4O/c28-27(29,30)23-8-9-24-25(17-23)32-26(31-24)22-3-1-2-21(16-22)20-6-4-19(5-7-20)18-34-12-10-33(11-13-34)14-15-35/h1-9,16-17,35H,10-15,18H2,(H,31,32). The van der Waals surface area contributed by atoms with Gasteiger partial charge in [-0.1, -0.05) is 42.5 Å². The fourth-order valence-corrected chi connectivity index (χ4v) is 4.54. The van der Waals surface area contributed by atoms with Gasteiger partial charge in [0.15, 0.2) is 0 Å². The second-order valence-electron chi connectivity index (χ2n) is 8.93. The zero-order valence-electron chi connectivity index (χ0n) is 19.2. The fraction of sp³-hybridized carbons (Fsp3) is 0.296. The Bertz CT molecular complexity index is 1290. The van der Waals surface area contributed by atoms with Crippen molar-refractivity contribution < 1.29 is 18.3 Å². The van der Waals surface area contributed by atoms with Crippen molar-refractivity contribution in [3.8, 4) is 22.5 Å². The second-order valence-corrected chi connectivity index (χ2v) is 8.93. The molecule has 1 saturated heterocycles. The summed E-state index contributed by atoms with van der Waals surface area (Å²) < 4.78 is 39.1. The van der Waals surface area contributed by atoms with Gasteiger partial charge in [0.25, 0.3) is 0 Å². The Hall–Kier alpha value is -3.20. The quantitative estimate of drug-likeness (QED) is 0.407. The summed E-state index contributed by atoms with van der Waals surface area (Å²) in [5.41, 5.74) is 4.32. The van der Waals surface area contributed by atoms with Crippen LogP contribution in [-0.4, -0.2) is 64.2 Å². The number of β-amino-alcohol motifs (C(OH)–C–C–N with tert-alkyl or cyclic N) is 1. The molecule has 0 spiro atoms. The topological polar surface area (TPSA) is 55.4 Å². The van der Waals surface area contributed by atoms with Crippen molar-refractivity contribution in [1.82, 2.24) is 19.8 Å². The Morgan fingerprint density at radius 3 is 2.26 bits per heavy atom. The maximum atomic E-state index is 13.0. The summed E-state index contributed by atoms with van der Waals surface area (Å²) in [4.78, 5) is 12.2. The summed E-state index contributed by atoms with van der Waals surface area (Å²) in [6, 6.07) is 19.9. The maximum Gasteiger partial charge on any atom is 0.416 e. The van der Waals surface area contributed by atoms with Crippen molar-refractivity contribution in [1.29, 1.82) is 0 Å². The summed E-state index contributed by atoms with van der Waals surface area (Å²) in [5, 5.41) is 9.09. The van der Waals surface area contributed by atoms with Crippen LogP contribution >= 0.6 is 0 Å². The maximum absolute atomic E-state index is 13.0. The van der Waals surface area contributed by atoms with Crippen LogP contribution in [0.2, 0.25) is 0 Å². The van der Waals surface area contributed by atoms with Crippen molar-refractivity contribution in [3.05, 3.63) is 77.9 Å². The molecule has 1 aliphatic rings. The molecule has 1 fully saturated rings. The Morgan fingerprint density at radius 2 is 1.54 bits per heavy atom. The molecule has 2 N–H and O–H groups in total. The number of nitrogens with one attached hydrogen (secondary N) is 1. The lowest BCUT2D eigenvalue weighted by Crippen LogP contribution is -2.46. The van der Waals surface area contributed by atoms with E-state index in [-0.39, 0.29) is 6.61 Å². The van der Waals surface area contributed by atoms with E-state index in [4.69, 9.17) is 5.11 Å². The third kappa shape index (κ3) is 5.40. The summed E-state index contributed by atoms with van der Waals surface area (Å²) in [5.74, 6) is 0.540. The first-order valence-corrected chi connectivity index (χ1v) is 11.7. The van der Waals surface area contributed by atoms with Crippen molar-refractivity contribution in [3.63, 3.8) is 0 Å². The number of fused-ring (bicyclic) bond motifs is 1. The van der Waals surface area contributed by atoms with Gasteiger partial charge in [0, 0.05) is 44.8 Å². The number of aromatic nitrogens is 2. The van der Waals surface area contributed by atoms with Gasteiger partial charge in [-0.2, -0.15) is 13.2 Å². The highest BCUT2D eigenvalue weighted by molar-refractivity contribution is 5.81. The molecule has 0 unspecified atom stereocenters. The van der Waals surface area contributed by atoms with Crippen LogP contribution in [0, 0.1) is 0 Å². The molecule has 4 aromatic rings. The molecule has 1 aromatic heterocycles. The molecule has 0 aliphatic carbocycles. The molecule has 3 aromatic carbocycles. The van der Waals surface area contributed by atoms with Crippen LogP contribution in [0.4, 0.5) is 13.2 Å². The van der Waals surface area contributed by atoms with Gasteiger partial charge in [0.05, 0.1) is 23.2 Å². The molecule has 0 radical (unpaired) electrons. The van der Waals surface area contributed by atoms with Gasteiger partial charge in [0.2, 0.25) is 0 Å². The number of H-pyrrole nitrogens is 1. The van der Waals surface area contributed by atoms with Crippen molar-refractivity contribution in [2.45, 2.75) is 12.7 Å². The molecule has 1 aliphatic heterocycles. The molecule has 182 valence electrons. The highest BCUT2D eigenvalue weighted by Crippen LogP contribution is 2.32. The molecule has 5 nitrogen and oxygen atoms in total. The van der Waals surface area contributed by atoms with E-state index in [1.165, 1.54) is 11.6 Å². The van der Waals surface area contributed by atoms with E-state index in [1.807, 2.05) is 24.3 Å². The predicted molar refractivity (Wildman–Crippen MR) is 131 cm³/mol. The number of aromatic amines is 1. The number of benzene rings is 3. The van der Waals surface area contributed by atoms with Gasteiger partial charge in [-0.05, 0) is 41.0 Å². The molecular weight excluding hydrogens is 453 g/mol. The van der Waals surface area contributed by atoms with E-state index >= 15 is 0 Å². The second kappa shape index (κ2) is 9.81. The number of alkyl halides is 3. The van der Waals surface area contributed by atoms with Crippen LogP contribution < -0.4 is 0 Å². The van der Waals surface area contributed by atoms with Crippen LogP contribution in [0.3, 0.4) is 0 Å². The lowest BCUT2D eigenvalue weighted by Gasteiger charge is -2.34.